The third kappa shape index (κ3) is 3.11. The molecule has 1 aromatic rings. The first-order valence-corrected chi connectivity index (χ1v) is 3.81. The molecule has 0 radical (unpaired) electrons. The highest BCUT2D eigenvalue weighted by Gasteiger charge is 2.32. The molecule has 0 aliphatic heterocycles. The van der Waals surface area contributed by atoms with E-state index in [1.165, 1.54) is 12.3 Å². The van der Waals surface area contributed by atoms with Crippen molar-refractivity contribution in [2.24, 2.45) is 5.73 Å². The molecule has 80 valence electrons. The summed E-state index contributed by atoms with van der Waals surface area (Å²) >= 11 is 0. The summed E-state index contributed by atoms with van der Waals surface area (Å²) < 4.78 is 39.3. The number of aromatic nitrogens is 1. The monoisotopic (exact) mass is 217 g/mol. The lowest BCUT2D eigenvalue weighted by Gasteiger charge is -2.10. The first kappa shape index (κ1) is 11.3. The largest absolute Gasteiger partial charge is 0.573 e. The van der Waals surface area contributed by atoms with Gasteiger partial charge in [0.15, 0.2) is 11.4 Å². The smallest absolute Gasteiger partial charge is 0.403 e. The van der Waals surface area contributed by atoms with Gasteiger partial charge in [0.25, 0.3) is 0 Å². The molecular weight excluding hydrogens is 211 g/mol. The van der Waals surface area contributed by atoms with Gasteiger partial charge in [0.1, 0.15) is 6.07 Å². The minimum absolute atomic E-state index is 0.0208. The molecule has 7 heteroatoms. The zero-order chi connectivity index (χ0) is 11.5. The van der Waals surface area contributed by atoms with Gasteiger partial charge in [-0.15, -0.1) is 13.2 Å². The van der Waals surface area contributed by atoms with E-state index < -0.39 is 17.8 Å². The van der Waals surface area contributed by atoms with Gasteiger partial charge in [0.05, 0.1) is 0 Å². The Bertz CT molecular complexity index is 397. The maximum Gasteiger partial charge on any atom is 0.573 e. The molecule has 0 saturated carbocycles. The number of hydrogen-bond acceptors (Lipinski definition) is 4. The van der Waals surface area contributed by atoms with Crippen molar-refractivity contribution in [3.63, 3.8) is 0 Å². The molecule has 2 N–H and O–H groups in total. The minimum Gasteiger partial charge on any atom is -0.403 e. The highest BCUT2D eigenvalue weighted by Crippen LogP contribution is 2.25. The Balaban J connectivity index is 3.08. The van der Waals surface area contributed by atoms with Crippen molar-refractivity contribution in [2.75, 3.05) is 0 Å². The molecule has 0 amide bonds. The molecule has 0 atom stereocenters. The lowest BCUT2D eigenvalue weighted by Crippen LogP contribution is -2.18. The SMILES string of the molecule is N#Cc1ncc(CN)cc1OC(F)(F)F. The van der Waals surface area contributed by atoms with Crippen molar-refractivity contribution in [1.82, 2.24) is 4.98 Å². The predicted octanol–water partition coefficient (Wildman–Crippen LogP) is 1.31. The Hall–Kier alpha value is -1.81. The summed E-state index contributed by atoms with van der Waals surface area (Å²) in [5.41, 5.74) is 5.14. The fourth-order valence-electron chi connectivity index (χ4n) is 0.883. The first-order chi connectivity index (χ1) is 6.96. The molecule has 0 aliphatic carbocycles. The highest BCUT2D eigenvalue weighted by atomic mass is 19.4. The second kappa shape index (κ2) is 4.14. The summed E-state index contributed by atoms with van der Waals surface area (Å²) in [6.45, 7) is 0.0208. The fraction of sp³-hybridized carbons (Fsp3) is 0.250. The molecule has 0 aromatic carbocycles. The maximum atomic E-state index is 11.9. The van der Waals surface area contributed by atoms with E-state index in [2.05, 4.69) is 9.72 Å². The Kier molecular flexibility index (Phi) is 3.11. The zero-order valence-corrected chi connectivity index (χ0v) is 7.38. The number of halogens is 3. The number of ether oxygens (including phenoxy) is 1. The van der Waals surface area contributed by atoms with Crippen LogP contribution in [0.2, 0.25) is 0 Å². The minimum atomic E-state index is -4.85. The van der Waals surface area contributed by atoms with Crippen LogP contribution in [0.1, 0.15) is 11.3 Å². The van der Waals surface area contributed by atoms with Crippen molar-refractivity contribution >= 4 is 0 Å². The normalized spacial score (nSPS) is 10.9. The summed E-state index contributed by atoms with van der Waals surface area (Å²) in [6.07, 6.45) is -3.62. The van der Waals surface area contributed by atoms with Crippen LogP contribution in [0, 0.1) is 11.3 Å². The third-order valence-corrected chi connectivity index (χ3v) is 1.48. The van der Waals surface area contributed by atoms with Crippen molar-refractivity contribution in [1.29, 1.82) is 5.26 Å². The van der Waals surface area contributed by atoms with Crippen LogP contribution in [0.3, 0.4) is 0 Å². The van der Waals surface area contributed by atoms with Crippen molar-refractivity contribution in [2.45, 2.75) is 12.9 Å². The summed E-state index contributed by atoms with van der Waals surface area (Å²) in [5, 5.41) is 8.49. The van der Waals surface area contributed by atoms with Gasteiger partial charge in [0, 0.05) is 12.7 Å². The van der Waals surface area contributed by atoms with Crippen LogP contribution in [-0.4, -0.2) is 11.3 Å². The second-order valence-corrected chi connectivity index (χ2v) is 2.55. The zero-order valence-electron chi connectivity index (χ0n) is 7.38. The number of alkyl halides is 3. The van der Waals surface area contributed by atoms with E-state index in [1.54, 1.807) is 0 Å². The number of pyridine rings is 1. The predicted molar refractivity (Wildman–Crippen MR) is 43.5 cm³/mol. The van der Waals surface area contributed by atoms with Gasteiger partial charge in [-0.3, -0.25) is 0 Å². The molecule has 1 rings (SSSR count). The Morgan fingerprint density at radius 1 is 1.53 bits per heavy atom. The van der Waals surface area contributed by atoms with E-state index in [0.29, 0.717) is 5.56 Å². The van der Waals surface area contributed by atoms with E-state index in [4.69, 9.17) is 11.0 Å². The molecule has 0 fully saturated rings. The molecule has 0 bridgehead atoms. The molecule has 0 aliphatic rings. The molecule has 1 aromatic heterocycles. The van der Waals surface area contributed by atoms with Crippen LogP contribution < -0.4 is 10.5 Å². The standard InChI is InChI=1S/C8H6F3N3O/c9-8(10,11)15-7-1-5(2-12)4-14-6(7)3-13/h1,4H,2,12H2. The number of rotatable bonds is 2. The van der Waals surface area contributed by atoms with Crippen LogP contribution in [0.5, 0.6) is 5.75 Å². The van der Waals surface area contributed by atoms with Gasteiger partial charge in [-0.25, -0.2) is 4.98 Å². The van der Waals surface area contributed by atoms with E-state index in [1.807, 2.05) is 0 Å². The lowest BCUT2D eigenvalue weighted by molar-refractivity contribution is -0.274. The summed E-state index contributed by atoms with van der Waals surface area (Å²) in [4.78, 5) is 3.49. The Morgan fingerprint density at radius 2 is 2.20 bits per heavy atom. The summed E-state index contributed by atoms with van der Waals surface area (Å²) in [5.74, 6) is -0.632. The molecule has 0 unspecified atom stereocenters. The first-order valence-electron chi connectivity index (χ1n) is 3.81. The number of nitrogens with two attached hydrogens (primary N) is 1. The summed E-state index contributed by atoms with van der Waals surface area (Å²) in [6, 6.07) is 2.53. The van der Waals surface area contributed by atoms with Crippen molar-refractivity contribution < 1.29 is 17.9 Å². The lowest BCUT2D eigenvalue weighted by atomic mass is 10.2. The highest BCUT2D eigenvalue weighted by molar-refractivity contribution is 5.39. The molecule has 4 nitrogen and oxygen atoms in total. The quantitative estimate of drug-likeness (QED) is 0.810. The molecule has 15 heavy (non-hydrogen) atoms. The van der Waals surface area contributed by atoms with Crippen LogP contribution in [0.4, 0.5) is 13.2 Å². The van der Waals surface area contributed by atoms with Gasteiger partial charge < -0.3 is 10.5 Å². The maximum absolute atomic E-state index is 11.9. The Labute approximate surface area is 83.1 Å². The van der Waals surface area contributed by atoms with Crippen LogP contribution in [-0.2, 0) is 6.54 Å². The third-order valence-electron chi connectivity index (χ3n) is 1.48. The van der Waals surface area contributed by atoms with Crippen molar-refractivity contribution in [3.05, 3.63) is 23.5 Å². The second-order valence-electron chi connectivity index (χ2n) is 2.55. The average Bonchev–Trinajstić information content (AvgIpc) is 2.15. The average molecular weight is 217 g/mol. The number of hydrogen-bond donors (Lipinski definition) is 1. The van der Waals surface area contributed by atoms with Gasteiger partial charge in [-0.2, -0.15) is 5.26 Å². The molecule has 1 heterocycles. The van der Waals surface area contributed by atoms with Gasteiger partial charge in [0.2, 0.25) is 0 Å². The van der Waals surface area contributed by atoms with Crippen LogP contribution in [0.25, 0.3) is 0 Å². The van der Waals surface area contributed by atoms with E-state index >= 15 is 0 Å². The number of nitrogens with zero attached hydrogens (tertiary/aromatic N) is 2. The number of nitriles is 1. The van der Waals surface area contributed by atoms with Crippen LogP contribution in [0.15, 0.2) is 12.3 Å². The van der Waals surface area contributed by atoms with E-state index in [-0.39, 0.29) is 6.54 Å². The van der Waals surface area contributed by atoms with Crippen LogP contribution >= 0.6 is 0 Å². The van der Waals surface area contributed by atoms with Gasteiger partial charge in [-0.05, 0) is 11.6 Å². The van der Waals surface area contributed by atoms with E-state index in [0.717, 1.165) is 6.07 Å². The summed E-state index contributed by atoms with van der Waals surface area (Å²) in [7, 11) is 0. The van der Waals surface area contributed by atoms with E-state index in [9.17, 15) is 13.2 Å². The molecule has 0 saturated heterocycles. The fourth-order valence-corrected chi connectivity index (χ4v) is 0.883. The van der Waals surface area contributed by atoms with Gasteiger partial charge in [-0.1, -0.05) is 0 Å². The molecule has 0 spiro atoms. The topological polar surface area (TPSA) is 71.9 Å². The van der Waals surface area contributed by atoms with Crippen molar-refractivity contribution in [3.8, 4) is 11.8 Å². The molecular formula is C8H6F3N3O. The van der Waals surface area contributed by atoms with Gasteiger partial charge >= 0.3 is 6.36 Å². The Morgan fingerprint density at radius 3 is 2.67 bits per heavy atom.